The highest BCUT2D eigenvalue weighted by Crippen LogP contribution is 2.27. The SMILES string of the molecule is CC1(CNC(=O)c2cc(Br)ccc2F)CCNCC1.Cl. The Morgan fingerprint density at radius 2 is 2.10 bits per heavy atom. The average Bonchev–Trinajstić information content (AvgIpc) is 2.40. The van der Waals surface area contributed by atoms with Gasteiger partial charge in [0.25, 0.3) is 5.91 Å². The molecular formula is C14H19BrClFN2O. The Morgan fingerprint density at radius 1 is 1.45 bits per heavy atom. The Bertz CT molecular complexity index is 478. The molecule has 3 nitrogen and oxygen atoms in total. The predicted molar refractivity (Wildman–Crippen MR) is 83.9 cm³/mol. The Kier molecular flexibility index (Phi) is 6.43. The maximum absolute atomic E-state index is 13.6. The highest BCUT2D eigenvalue weighted by Gasteiger charge is 2.27. The van der Waals surface area contributed by atoms with Gasteiger partial charge in [0, 0.05) is 11.0 Å². The zero-order valence-electron chi connectivity index (χ0n) is 11.3. The van der Waals surface area contributed by atoms with Crippen LogP contribution in [0.2, 0.25) is 0 Å². The van der Waals surface area contributed by atoms with Gasteiger partial charge in [-0.05, 0) is 49.5 Å². The number of hydrogen-bond donors (Lipinski definition) is 2. The van der Waals surface area contributed by atoms with Crippen LogP contribution >= 0.6 is 28.3 Å². The summed E-state index contributed by atoms with van der Waals surface area (Å²) < 4.78 is 14.3. The minimum atomic E-state index is -0.490. The molecular weight excluding hydrogens is 347 g/mol. The molecule has 1 aromatic carbocycles. The molecule has 6 heteroatoms. The van der Waals surface area contributed by atoms with Crippen molar-refractivity contribution in [1.82, 2.24) is 10.6 Å². The number of carbonyl (C=O) groups excluding carboxylic acids is 1. The average molecular weight is 366 g/mol. The summed E-state index contributed by atoms with van der Waals surface area (Å²) in [5.41, 5.74) is 0.190. The quantitative estimate of drug-likeness (QED) is 0.864. The Balaban J connectivity index is 0.00000200. The highest BCUT2D eigenvalue weighted by atomic mass is 79.9. The van der Waals surface area contributed by atoms with Crippen LogP contribution < -0.4 is 10.6 Å². The molecule has 0 aliphatic carbocycles. The fourth-order valence-electron chi connectivity index (χ4n) is 2.27. The molecule has 1 aliphatic heterocycles. The normalized spacial score (nSPS) is 17.1. The van der Waals surface area contributed by atoms with Crippen molar-refractivity contribution in [1.29, 1.82) is 0 Å². The number of rotatable bonds is 3. The van der Waals surface area contributed by atoms with Gasteiger partial charge in [0.05, 0.1) is 5.56 Å². The summed E-state index contributed by atoms with van der Waals surface area (Å²) >= 11 is 3.25. The molecule has 20 heavy (non-hydrogen) atoms. The van der Waals surface area contributed by atoms with Crippen LogP contribution in [0.1, 0.15) is 30.1 Å². The molecule has 0 unspecified atom stereocenters. The third-order valence-electron chi connectivity index (χ3n) is 3.66. The van der Waals surface area contributed by atoms with Gasteiger partial charge in [-0.15, -0.1) is 12.4 Å². The molecule has 1 saturated heterocycles. The van der Waals surface area contributed by atoms with Gasteiger partial charge in [0.15, 0.2) is 0 Å². The van der Waals surface area contributed by atoms with Crippen LogP contribution in [-0.2, 0) is 0 Å². The Labute approximate surface area is 133 Å². The molecule has 2 rings (SSSR count). The fraction of sp³-hybridized carbons (Fsp3) is 0.500. The van der Waals surface area contributed by atoms with E-state index in [9.17, 15) is 9.18 Å². The van der Waals surface area contributed by atoms with Gasteiger partial charge in [-0.25, -0.2) is 4.39 Å². The van der Waals surface area contributed by atoms with E-state index >= 15 is 0 Å². The van der Waals surface area contributed by atoms with Crippen molar-refractivity contribution in [2.24, 2.45) is 5.41 Å². The largest absolute Gasteiger partial charge is 0.351 e. The Morgan fingerprint density at radius 3 is 2.75 bits per heavy atom. The minimum Gasteiger partial charge on any atom is -0.351 e. The third kappa shape index (κ3) is 4.43. The molecule has 0 aromatic heterocycles. The van der Waals surface area contributed by atoms with Crippen LogP contribution in [0.5, 0.6) is 0 Å². The van der Waals surface area contributed by atoms with Gasteiger partial charge >= 0.3 is 0 Å². The summed E-state index contributed by atoms with van der Waals surface area (Å²) in [5.74, 6) is -0.838. The third-order valence-corrected chi connectivity index (χ3v) is 4.15. The first-order valence-electron chi connectivity index (χ1n) is 6.44. The van der Waals surface area contributed by atoms with Crippen molar-refractivity contribution >= 4 is 34.2 Å². The molecule has 2 N–H and O–H groups in total. The smallest absolute Gasteiger partial charge is 0.254 e. The Hall–Kier alpha value is -0.650. The number of halogens is 3. The monoisotopic (exact) mass is 364 g/mol. The standard InChI is InChI=1S/C14H18BrFN2O.ClH/c1-14(4-6-17-7-5-14)9-18-13(19)11-8-10(15)2-3-12(11)16;/h2-3,8,17H,4-7,9H2,1H3,(H,18,19);1H. The predicted octanol–water partition coefficient (Wildman–Crippen LogP) is 3.13. The van der Waals surface area contributed by atoms with Crippen LogP contribution in [0.15, 0.2) is 22.7 Å². The fourth-order valence-corrected chi connectivity index (χ4v) is 2.63. The van der Waals surface area contributed by atoms with Gasteiger partial charge in [-0.1, -0.05) is 22.9 Å². The number of nitrogens with one attached hydrogen (secondary N) is 2. The summed E-state index contributed by atoms with van der Waals surface area (Å²) in [6, 6.07) is 4.39. The van der Waals surface area contributed by atoms with E-state index in [1.54, 1.807) is 6.07 Å². The summed E-state index contributed by atoms with van der Waals surface area (Å²) in [6.45, 7) is 4.68. The van der Waals surface area contributed by atoms with E-state index in [1.165, 1.54) is 12.1 Å². The van der Waals surface area contributed by atoms with Crippen molar-refractivity contribution in [2.45, 2.75) is 19.8 Å². The van der Waals surface area contributed by atoms with Crippen molar-refractivity contribution in [3.63, 3.8) is 0 Å². The summed E-state index contributed by atoms with van der Waals surface area (Å²) in [6.07, 6.45) is 2.04. The molecule has 0 radical (unpaired) electrons. The summed E-state index contributed by atoms with van der Waals surface area (Å²) in [5, 5.41) is 6.15. The molecule has 112 valence electrons. The number of piperidine rings is 1. The number of amides is 1. The van der Waals surface area contributed by atoms with E-state index in [1.807, 2.05) is 0 Å². The molecule has 0 spiro atoms. The van der Waals surface area contributed by atoms with Crippen molar-refractivity contribution in [3.8, 4) is 0 Å². The molecule has 0 atom stereocenters. The summed E-state index contributed by atoms with van der Waals surface area (Å²) in [7, 11) is 0. The number of carbonyl (C=O) groups is 1. The molecule has 1 amide bonds. The molecule has 0 bridgehead atoms. The molecule has 1 aromatic rings. The van der Waals surface area contributed by atoms with Gasteiger partial charge in [0.1, 0.15) is 5.82 Å². The van der Waals surface area contributed by atoms with E-state index in [4.69, 9.17) is 0 Å². The second-order valence-electron chi connectivity index (χ2n) is 5.37. The van der Waals surface area contributed by atoms with Gasteiger partial charge in [-0.3, -0.25) is 4.79 Å². The zero-order chi connectivity index (χ0) is 13.9. The molecule has 1 aliphatic rings. The van der Waals surface area contributed by atoms with E-state index in [0.717, 1.165) is 25.9 Å². The van der Waals surface area contributed by atoms with Crippen LogP contribution in [0.3, 0.4) is 0 Å². The topological polar surface area (TPSA) is 41.1 Å². The van der Waals surface area contributed by atoms with E-state index in [2.05, 4.69) is 33.5 Å². The van der Waals surface area contributed by atoms with Crippen molar-refractivity contribution < 1.29 is 9.18 Å². The van der Waals surface area contributed by atoms with E-state index in [-0.39, 0.29) is 29.3 Å². The molecule has 0 saturated carbocycles. The maximum Gasteiger partial charge on any atom is 0.254 e. The lowest BCUT2D eigenvalue weighted by molar-refractivity contribution is 0.0918. The van der Waals surface area contributed by atoms with Gasteiger partial charge < -0.3 is 10.6 Å². The first kappa shape index (κ1) is 17.4. The van der Waals surface area contributed by atoms with Crippen LogP contribution in [0, 0.1) is 11.2 Å². The van der Waals surface area contributed by atoms with Crippen LogP contribution in [0.4, 0.5) is 4.39 Å². The first-order valence-corrected chi connectivity index (χ1v) is 7.23. The van der Waals surface area contributed by atoms with E-state index in [0.29, 0.717) is 11.0 Å². The minimum absolute atomic E-state index is 0. The maximum atomic E-state index is 13.6. The van der Waals surface area contributed by atoms with E-state index < -0.39 is 5.82 Å². The second kappa shape index (κ2) is 7.38. The van der Waals surface area contributed by atoms with Crippen molar-refractivity contribution in [2.75, 3.05) is 19.6 Å². The lowest BCUT2D eigenvalue weighted by Gasteiger charge is -2.34. The van der Waals surface area contributed by atoms with Crippen LogP contribution in [-0.4, -0.2) is 25.5 Å². The second-order valence-corrected chi connectivity index (χ2v) is 6.28. The zero-order valence-corrected chi connectivity index (χ0v) is 13.7. The number of benzene rings is 1. The van der Waals surface area contributed by atoms with Crippen LogP contribution in [0.25, 0.3) is 0 Å². The van der Waals surface area contributed by atoms with Gasteiger partial charge in [0.2, 0.25) is 0 Å². The van der Waals surface area contributed by atoms with Crippen molar-refractivity contribution in [3.05, 3.63) is 34.1 Å². The lowest BCUT2D eigenvalue weighted by atomic mass is 9.81. The van der Waals surface area contributed by atoms with Gasteiger partial charge in [-0.2, -0.15) is 0 Å². The molecule has 1 heterocycles. The number of hydrogen-bond acceptors (Lipinski definition) is 2. The highest BCUT2D eigenvalue weighted by molar-refractivity contribution is 9.10. The summed E-state index contributed by atoms with van der Waals surface area (Å²) in [4.78, 5) is 12.0. The molecule has 1 fully saturated rings. The lowest BCUT2D eigenvalue weighted by Crippen LogP contribution is -2.43. The first-order chi connectivity index (χ1) is 9.00.